The third-order valence-corrected chi connectivity index (χ3v) is 5.32. The molecule has 0 fully saturated rings. The molecule has 128 valence electrons. The molecule has 5 nitrogen and oxygen atoms in total. The van der Waals surface area contributed by atoms with Crippen LogP contribution >= 0.6 is 11.6 Å². The number of hydrogen-bond acceptors (Lipinski definition) is 4. The Hall–Kier alpha value is -1.89. The first-order chi connectivity index (χ1) is 11.4. The van der Waals surface area contributed by atoms with Crippen LogP contribution in [0.1, 0.15) is 12.5 Å². The minimum atomic E-state index is -3.86. The topological polar surface area (TPSA) is 63.7 Å². The van der Waals surface area contributed by atoms with Crippen molar-refractivity contribution >= 4 is 27.6 Å². The first kappa shape index (κ1) is 18.4. The second kappa shape index (κ2) is 8.28. The van der Waals surface area contributed by atoms with Crippen molar-refractivity contribution in [2.45, 2.75) is 18.4 Å². The molecule has 0 atom stereocenters. The minimum Gasteiger partial charge on any atom is -0.465 e. The van der Waals surface area contributed by atoms with Crippen LogP contribution in [0.15, 0.2) is 59.5 Å². The van der Waals surface area contributed by atoms with Gasteiger partial charge in [0.15, 0.2) is 0 Å². The molecule has 0 aromatic heterocycles. The van der Waals surface area contributed by atoms with Crippen LogP contribution in [0, 0.1) is 0 Å². The van der Waals surface area contributed by atoms with E-state index in [9.17, 15) is 13.2 Å². The number of carbonyl (C=O) groups excluding carboxylic acids is 1. The third-order valence-electron chi connectivity index (χ3n) is 3.26. The van der Waals surface area contributed by atoms with Crippen molar-refractivity contribution in [3.63, 3.8) is 0 Å². The number of nitrogens with zero attached hydrogens (tertiary/aromatic N) is 1. The molecule has 0 amide bonds. The fraction of sp³-hybridized carbons (Fsp3) is 0.235. The molecule has 2 aromatic rings. The monoisotopic (exact) mass is 367 g/mol. The number of carbonyl (C=O) groups is 1. The van der Waals surface area contributed by atoms with Gasteiger partial charge in [-0.2, -0.15) is 4.31 Å². The summed E-state index contributed by atoms with van der Waals surface area (Å²) in [4.78, 5) is 11.9. The Bertz CT molecular complexity index is 776. The molecule has 0 heterocycles. The van der Waals surface area contributed by atoms with Gasteiger partial charge in [0.1, 0.15) is 6.54 Å². The minimum absolute atomic E-state index is 0.0740. The van der Waals surface area contributed by atoms with Gasteiger partial charge in [-0.25, -0.2) is 8.42 Å². The Morgan fingerprint density at radius 2 is 1.71 bits per heavy atom. The van der Waals surface area contributed by atoms with Crippen LogP contribution in [0.3, 0.4) is 0 Å². The zero-order chi connectivity index (χ0) is 17.6. The fourth-order valence-electron chi connectivity index (χ4n) is 2.12. The number of ether oxygens (including phenoxy) is 1. The summed E-state index contributed by atoms with van der Waals surface area (Å²) in [5.41, 5.74) is 0.777. The highest BCUT2D eigenvalue weighted by atomic mass is 35.5. The van der Waals surface area contributed by atoms with Crippen LogP contribution in [-0.2, 0) is 26.1 Å². The molecule has 24 heavy (non-hydrogen) atoms. The summed E-state index contributed by atoms with van der Waals surface area (Å²) >= 11 is 5.81. The van der Waals surface area contributed by atoms with E-state index in [-0.39, 0.29) is 24.6 Å². The lowest BCUT2D eigenvalue weighted by molar-refractivity contribution is -0.143. The average Bonchev–Trinajstić information content (AvgIpc) is 2.56. The first-order valence-electron chi connectivity index (χ1n) is 7.38. The zero-order valence-electron chi connectivity index (χ0n) is 13.2. The Kier molecular flexibility index (Phi) is 6.36. The Labute approximate surface area is 146 Å². The molecule has 0 aliphatic heterocycles. The molecule has 0 aliphatic rings. The summed E-state index contributed by atoms with van der Waals surface area (Å²) in [6, 6.07) is 14.9. The van der Waals surface area contributed by atoms with E-state index >= 15 is 0 Å². The lowest BCUT2D eigenvalue weighted by atomic mass is 10.2. The maximum absolute atomic E-state index is 12.9. The highest BCUT2D eigenvalue weighted by Gasteiger charge is 2.27. The predicted molar refractivity (Wildman–Crippen MR) is 92.1 cm³/mol. The molecular weight excluding hydrogens is 350 g/mol. The van der Waals surface area contributed by atoms with Gasteiger partial charge in [0.2, 0.25) is 10.0 Å². The van der Waals surface area contributed by atoms with Gasteiger partial charge in [-0.3, -0.25) is 4.79 Å². The highest BCUT2D eigenvalue weighted by molar-refractivity contribution is 7.89. The lowest BCUT2D eigenvalue weighted by Crippen LogP contribution is -2.36. The first-order valence-corrected chi connectivity index (χ1v) is 9.20. The number of rotatable bonds is 7. The molecule has 2 rings (SSSR count). The molecule has 0 bridgehead atoms. The van der Waals surface area contributed by atoms with Crippen LogP contribution < -0.4 is 0 Å². The smallest absolute Gasteiger partial charge is 0.321 e. The molecule has 0 unspecified atom stereocenters. The summed E-state index contributed by atoms with van der Waals surface area (Å²) in [5, 5.41) is 0.439. The van der Waals surface area contributed by atoms with Crippen LogP contribution in [0.5, 0.6) is 0 Å². The van der Waals surface area contributed by atoms with E-state index in [0.29, 0.717) is 5.02 Å². The Balaban J connectivity index is 2.32. The van der Waals surface area contributed by atoms with Crippen LogP contribution in [-0.4, -0.2) is 31.8 Å². The van der Waals surface area contributed by atoms with E-state index in [0.717, 1.165) is 9.87 Å². The van der Waals surface area contributed by atoms with Gasteiger partial charge >= 0.3 is 5.97 Å². The maximum atomic E-state index is 12.9. The van der Waals surface area contributed by atoms with Crippen molar-refractivity contribution in [1.29, 1.82) is 0 Å². The van der Waals surface area contributed by atoms with Crippen molar-refractivity contribution in [1.82, 2.24) is 4.31 Å². The number of halogens is 1. The van der Waals surface area contributed by atoms with Gasteiger partial charge in [0.05, 0.1) is 11.5 Å². The number of sulfonamides is 1. The molecule has 7 heteroatoms. The van der Waals surface area contributed by atoms with E-state index in [1.54, 1.807) is 19.1 Å². The van der Waals surface area contributed by atoms with Gasteiger partial charge in [-0.15, -0.1) is 0 Å². The van der Waals surface area contributed by atoms with E-state index in [4.69, 9.17) is 16.3 Å². The van der Waals surface area contributed by atoms with Crippen molar-refractivity contribution < 1.29 is 17.9 Å². The normalized spacial score (nSPS) is 11.5. The van der Waals surface area contributed by atoms with E-state index < -0.39 is 16.0 Å². The second-order valence-electron chi connectivity index (χ2n) is 5.02. The molecule has 0 radical (unpaired) electrons. The van der Waals surface area contributed by atoms with Crippen LogP contribution in [0.25, 0.3) is 0 Å². The van der Waals surface area contributed by atoms with Gasteiger partial charge < -0.3 is 4.74 Å². The predicted octanol–water partition coefficient (Wildman–Crippen LogP) is 3.09. The van der Waals surface area contributed by atoms with E-state index in [2.05, 4.69) is 0 Å². The van der Waals surface area contributed by atoms with Gasteiger partial charge in [0, 0.05) is 11.6 Å². The van der Waals surface area contributed by atoms with E-state index in [1.807, 2.05) is 18.2 Å². The van der Waals surface area contributed by atoms with Crippen LogP contribution in [0.2, 0.25) is 5.02 Å². The average molecular weight is 368 g/mol. The molecule has 0 spiro atoms. The molecule has 0 aliphatic carbocycles. The summed E-state index contributed by atoms with van der Waals surface area (Å²) in [7, 11) is -3.86. The molecule has 0 saturated carbocycles. The van der Waals surface area contributed by atoms with Crippen molar-refractivity contribution in [2.75, 3.05) is 13.2 Å². The third kappa shape index (κ3) is 4.80. The lowest BCUT2D eigenvalue weighted by Gasteiger charge is -2.21. The fourth-order valence-corrected chi connectivity index (χ4v) is 3.62. The summed E-state index contributed by atoms with van der Waals surface area (Å²) in [6.45, 7) is 1.59. The van der Waals surface area contributed by atoms with Gasteiger partial charge in [0.25, 0.3) is 0 Å². The largest absolute Gasteiger partial charge is 0.465 e. The zero-order valence-corrected chi connectivity index (χ0v) is 14.8. The van der Waals surface area contributed by atoms with Crippen molar-refractivity contribution in [3.8, 4) is 0 Å². The Morgan fingerprint density at radius 3 is 2.29 bits per heavy atom. The highest BCUT2D eigenvalue weighted by Crippen LogP contribution is 2.20. The second-order valence-corrected chi connectivity index (χ2v) is 7.39. The van der Waals surface area contributed by atoms with Crippen molar-refractivity contribution in [2.24, 2.45) is 0 Å². The maximum Gasteiger partial charge on any atom is 0.321 e. The Morgan fingerprint density at radius 1 is 1.08 bits per heavy atom. The van der Waals surface area contributed by atoms with Crippen LogP contribution in [0.4, 0.5) is 0 Å². The van der Waals surface area contributed by atoms with Crippen molar-refractivity contribution in [3.05, 3.63) is 65.2 Å². The molecule has 0 saturated heterocycles. The molecule has 2 aromatic carbocycles. The summed E-state index contributed by atoms with van der Waals surface area (Å²) < 4.78 is 31.7. The molecule has 0 N–H and O–H groups in total. The number of benzene rings is 2. The van der Waals surface area contributed by atoms with E-state index in [1.165, 1.54) is 24.3 Å². The summed E-state index contributed by atoms with van der Waals surface area (Å²) in [5.74, 6) is -0.592. The number of hydrogen-bond donors (Lipinski definition) is 0. The summed E-state index contributed by atoms with van der Waals surface area (Å²) in [6.07, 6.45) is 0. The van der Waals surface area contributed by atoms with Gasteiger partial charge in [-0.1, -0.05) is 41.9 Å². The quantitative estimate of drug-likeness (QED) is 0.705. The SMILES string of the molecule is CCOC(=O)CN(Cc1ccccc1)S(=O)(=O)c1ccc(Cl)cc1. The number of esters is 1. The standard InChI is InChI=1S/C17H18ClNO4S/c1-2-23-17(20)13-19(12-14-6-4-3-5-7-14)24(21,22)16-10-8-15(18)9-11-16/h3-11H,2,12-13H2,1H3. The molecular formula is C17H18ClNO4S. The van der Waals surface area contributed by atoms with Gasteiger partial charge in [-0.05, 0) is 36.8 Å².